The van der Waals surface area contributed by atoms with Crippen LogP contribution in [0.2, 0.25) is 0 Å². The summed E-state index contributed by atoms with van der Waals surface area (Å²) in [4.78, 5) is 31.5. The van der Waals surface area contributed by atoms with E-state index >= 15 is 0 Å². The maximum absolute atomic E-state index is 13.0. The molecule has 0 saturated carbocycles. The normalized spacial score (nSPS) is 11.0. The topological polar surface area (TPSA) is 64.0 Å². The number of rotatable bonds is 4. The molecule has 8 heteroatoms. The third-order valence-electron chi connectivity index (χ3n) is 4.12. The van der Waals surface area contributed by atoms with E-state index in [2.05, 4.69) is 26.2 Å². The van der Waals surface area contributed by atoms with Crippen LogP contribution in [0.1, 0.15) is 5.56 Å². The van der Waals surface area contributed by atoms with Gasteiger partial charge in [0.1, 0.15) is 11.4 Å². The molecule has 136 valence electrons. The Morgan fingerprint density at radius 3 is 2.89 bits per heavy atom. The van der Waals surface area contributed by atoms with Crippen molar-refractivity contribution in [1.82, 2.24) is 9.55 Å². The van der Waals surface area contributed by atoms with E-state index in [1.165, 1.54) is 22.2 Å². The summed E-state index contributed by atoms with van der Waals surface area (Å²) >= 11 is 6.42. The standard InChI is InChI=1S/C19H14BrN3O2S2/c1-11-7-12(20)4-5-14(11)22-16(24)8-23-10-21-18-17(19(23)25)13(9-27-18)15-3-2-6-26-15/h2-7,9-10H,8H2,1H3,(H,22,24). The molecule has 0 bridgehead atoms. The van der Waals surface area contributed by atoms with Crippen molar-refractivity contribution in [2.45, 2.75) is 13.5 Å². The fourth-order valence-corrected chi connectivity index (χ4v) is 5.00. The summed E-state index contributed by atoms with van der Waals surface area (Å²) in [5.41, 5.74) is 2.34. The molecule has 3 heterocycles. The van der Waals surface area contributed by atoms with Crippen molar-refractivity contribution in [3.8, 4) is 10.4 Å². The van der Waals surface area contributed by atoms with Gasteiger partial charge in [-0.05, 0) is 42.1 Å². The second kappa shape index (κ2) is 7.38. The van der Waals surface area contributed by atoms with Gasteiger partial charge in [-0.15, -0.1) is 22.7 Å². The smallest absolute Gasteiger partial charge is 0.263 e. The average Bonchev–Trinajstić information content (AvgIpc) is 3.29. The molecule has 0 aliphatic heterocycles. The molecule has 4 rings (SSSR count). The fourth-order valence-electron chi connectivity index (χ4n) is 2.81. The highest BCUT2D eigenvalue weighted by Crippen LogP contribution is 2.33. The Labute approximate surface area is 171 Å². The number of carbonyl (C=O) groups excluding carboxylic acids is 1. The SMILES string of the molecule is Cc1cc(Br)ccc1NC(=O)Cn1cnc2scc(-c3cccs3)c2c1=O. The van der Waals surface area contributed by atoms with E-state index in [0.29, 0.717) is 10.2 Å². The third kappa shape index (κ3) is 3.60. The fraction of sp³-hybridized carbons (Fsp3) is 0.105. The van der Waals surface area contributed by atoms with E-state index in [1.54, 1.807) is 11.3 Å². The molecule has 4 aromatic rings. The Balaban J connectivity index is 1.64. The van der Waals surface area contributed by atoms with E-state index in [-0.39, 0.29) is 18.0 Å². The Morgan fingerprint density at radius 2 is 2.15 bits per heavy atom. The molecule has 0 aliphatic carbocycles. The second-order valence-corrected chi connectivity index (χ2v) is 8.71. The molecular weight excluding hydrogens is 446 g/mol. The van der Waals surface area contributed by atoms with Gasteiger partial charge in [0.15, 0.2) is 0 Å². The molecule has 1 aromatic carbocycles. The highest BCUT2D eigenvalue weighted by Gasteiger charge is 2.15. The van der Waals surface area contributed by atoms with Crippen LogP contribution in [-0.4, -0.2) is 15.5 Å². The molecule has 0 spiro atoms. The molecule has 0 saturated heterocycles. The van der Waals surface area contributed by atoms with Crippen molar-refractivity contribution in [2.24, 2.45) is 0 Å². The number of amides is 1. The van der Waals surface area contributed by atoms with Gasteiger partial charge in [0.05, 0.1) is 11.7 Å². The van der Waals surface area contributed by atoms with Gasteiger partial charge in [-0.3, -0.25) is 14.2 Å². The average molecular weight is 460 g/mol. The van der Waals surface area contributed by atoms with E-state index in [1.807, 2.05) is 48.0 Å². The quantitative estimate of drug-likeness (QED) is 0.472. The summed E-state index contributed by atoms with van der Waals surface area (Å²) in [6, 6.07) is 9.54. The molecule has 0 fully saturated rings. The number of fused-ring (bicyclic) bond motifs is 1. The highest BCUT2D eigenvalue weighted by atomic mass is 79.9. The van der Waals surface area contributed by atoms with E-state index in [4.69, 9.17) is 0 Å². The molecular formula is C19H14BrN3O2S2. The van der Waals surface area contributed by atoms with Crippen molar-refractivity contribution < 1.29 is 4.79 Å². The first-order chi connectivity index (χ1) is 13.0. The Morgan fingerprint density at radius 1 is 1.30 bits per heavy atom. The van der Waals surface area contributed by atoms with Crippen LogP contribution in [0.4, 0.5) is 5.69 Å². The van der Waals surface area contributed by atoms with Crippen molar-refractivity contribution in [3.63, 3.8) is 0 Å². The van der Waals surface area contributed by atoms with Crippen molar-refractivity contribution in [3.05, 3.63) is 67.8 Å². The molecule has 1 amide bonds. The van der Waals surface area contributed by atoms with Crippen molar-refractivity contribution in [2.75, 3.05) is 5.32 Å². The van der Waals surface area contributed by atoms with Gasteiger partial charge < -0.3 is 5.32 Å². The highest BCUT2D eigenvalue weighted by molar-refractivity contribution is 9.10. The summed E-state index contributed by atoms with van der Waals surface area (Å²) in [6.07, 6.45) is 1.44. The van der Waals surface area contributed by atoms with Gasteiger partial charge in [-0.2, -0.15) is 0 Å². The predicted molar refractivity (Wildman–Crippen MR) is 115 cm³/mol. The maximum Gasteiger partial charge on any atom is 0.263 e. The van der Waals surface area contributed by atoms with E-state index in [9.17, 15) is 9.59 Å². The summed E-state index contributed by atoms with van der Waals surface area (Å²) in [7, 11) is 0. The second-order valence-electron chi connectivity index (χ2n) is 5.99. The van der Waals surface area contributed by atoms with Crippen LogP contribution in [0.25, 0.3) is 20.7 Å². The summed E-state index contributed by atoms with van der Waals surface area (Å²) in [5, 5.41) is 7.34. The van der Waals surface area contributed by atoms with Gasteiger partial charge in [0.2, 0.25) is 5.91 Å². The molecule has 1 N–H and O–H groups in total. The maximum atomic E-state index is 13.0. The Hall–Kier alpha value is -2.29. The number of aromatic nitrogens is 2. The van der Waals surface area contributed by atoms with Crippen molar-refractivity contribution >= 4 is 60.4 Å². The monoisotopic (exact) mass is 459 g/mol. The number of thiophene rings is 2. The first-order valence-electron chi connectivity index (χ1n) is 8.09. The molecule has 0 unspecified atom stereocenters. The predicted octanol–water partition coefficient (Wildman–Crippen LogP) is 4.90. The van der Waals surface area contributed by atoms with E-state index < -0.39 is 0 Å². The zero-order valence-electron chi connectivity index (χ0n) is 14.2. The lowest BCUT2D eigenvalue weighted by molar-refractivity contribution is -0.116. The number of benzene rings is 1. The van der Waals surface area contributed by atoms with Crippen molar-refractivity contribution in [1.29, 1.82) is 0 Å². The first kappa shape index (κ1) is 18.1. The van der Waals surface area contributed by atoms with Gasteiger partial charge in [0.25, 0.3) is 5.56 Å². The molecule has 3 aromatic heterocycles. The number of hydrogen-bond donors (Lipinski definition) is 1. The Kier molecular flexibility index (Phi) is 4.94. The van der Waals surface area contributed by atoms with Crippen LogP contribution in [0.5, 0.6) is 0 Å². The molecule has 5 nitrogen and oxygen atoms in total. The lowest BCUT2D eigenvalue weighted by atomic mass is 10.2. The largest absolute Gasteiger partial charge is 0.324 e. The minimum Gasteiger partial charge on any atom is -0.324 e. The first-order valence-corrected chi connectivity index (χ1v) is 10.6. The lowest BCUT2D eigenvalue weighted by Crippen LogP contribution is -2.28. The summed E-state index contributed by atoms with van der Waals surface area (Å²) < 4.78 is 2.30. The number of hydrogen-bond acceptors (Lipinski definition) is 5. The van der Waals surface area contributed by atoms with Gasteiger partial charge >= 0.3 is 0 Å². The Bertz CT molecular complexity index is 1200. The van der Waals surface area contributed by atoms with Gasteiger partial charge in [-0.1, -0.05) is 22.0 Å². The van der Waals surface area contributed by atoms with Crippen LogP contribution in [0, 0.1) is 6.92 Å². The van der Waals surface area contributed by atoms with Crippen LogP contribution >= 0.6 is 38.6 Å². The lowest BCUT2D eigenvalue weighted by Gasteiger charge is -2.10. The van der Waals surface area contributed by atoms with Crippen LogP contribution in [0.3, 0.4) is 0 Å². The zero-order valence-corrected chi connectivity index (χ0v) is 17.5. The molecule has 0 radical (unpaired) electrons. The molecule has 0 atom stereocenters. The number of carbonyl (C=O) groups is 1. The number of aryl methyl sites for hydroxylation is 1. The minimum absolute atomic E-state index is 0.0863. The minimum atomic E-state index is -0.267. The van der Waals surface area contributed by atoms with Crippen LogP contribution in [-0.2, 0) is 11.3 Å². The number of nitrogens with zero attached hydrogens (tertiary/aromatic N) is 2. The van der Waals surface area contributed by atoms with Gasteiger partial charge in [-0.25, -0.2) is 4.98 Å². The molecule has 27 heavy (non-hydrogen) atoms. The number of nitrogens with one attached hydrogen (secondary N) is 1. The van der Waals surface area contributed by atoms with Crippen LogP contribution in [0.15, 0.2) is 56.7 Å². The summed E-state index contributed by atoms with van der Waals surface area (Å²) in [5.74, 6) is -0.267. The summed E-state index contributed by atoms with van der Waals surface area (Å²) in [6.45, 7) is 1.83. The van der Waals surface area contributed by atoms with Crippen LogP contribution < -0.4 is 10.9 Å². The van der Waals surface area contributed by atoms with Gasteiger partial charge in [0, 0.05) is 26.0 Å². The third-order valence-corrected chi connectivity index (χ3v) is 6.41. The van der Waals surface area contributed by atoms with E-state index in [0.717, 1.165) is 26.2 Å². The number of anilines is 1. The zero-order chi connectivity index (χ0) is 19.0. The number of halogens is 1. The molecule has 0 aliphatic rings.